The smallest absolute Gasteiger partial charge is 0.462 e. The van der Waals surface area contributed by atoms with Gasteiger partial charge in [-0.05, 0) is 45.3 Å². The molecule has 0 radical (unpaired) electrons. The first kappa shape index (κ1) is 19.5. The summed E-state index contributed by atoms with van der Waals surface area (Å²) in [6, 6.07) is 0. The average Bonchev–Trinajstić information content (AvgIpc) is 2.27. The van der Waals surface area contributed by atoms with Crippen molar-refractivity contribution in [2.75, 3.05) is 33.7 Å². The molecule has 0 heterocycles. The summed E-state index contributed by atoms with van der Waals surface area (Å²) in [6.07, 6.45) is 0.438. The van der Waals surface area contributed by atoms with Gasteiger partial charge in [0.05, 0.1) is 0 Å². The van der Waals surface area contributed by atoms with Crippen molar-refractivity contribution >= 4 is 5.78 Å². The van der Waals surface area contributed by atoms with Crippen molar-refractivity contribution in [3.8, 4) is 0 Å². The van der Waals surface area contributed by atoms with E-state index in [2.05, 4.69) is 32.7 Å². The fourth-order valence-corrected chi connectivity index (χ4v) is 0.956. The van der Waals surface area contributed by atoms with Crippen molar-refractivity contribution in [1.82, 2.24) is 9.80 Å². The number of rotatable bonds is 6. The van der Waals surface area contributed by atoms with Crippen LogP contribution in [-0.4, -0.2) is 49.3 Å². The first-order valence-corrected chi connectivity index (χ1v) is 5.71. The number of ketones is 1. The molecule has 0 aromatic rings. The molecule has 0 spiro atoms. The molecule has 0 aliphatic rings. The summed E-state index contributed by atoms with van der Waals surface area (Å²) in [5.41, 5.74) is 0. The summed E-state index contributed by atoms with van der Waals surface area (Å²) in [4.78, 5) is 14.7. The van der Waals surface area contributed by atoms with Crippen LogP contribution in [0.25, 0.3) is 0 Å². The molecule has 0 aromatic carbocycles. The minimum Gasteiger partial charge on any atom is -0.462 e. The normalized spacial score (nSPS) is 12.3. The Morgan fingerprint density at radius 2 is 1.82 bits per heavy atom. The molecule has 102 valence electrons. The second kappa shape index (κ2) is 14.2. The zero-order valence-corrected chi connectivity index (χ0v) is 14.7. The monoisotopic (exact) mass is 413 g/mol. The second-order valence-corrected chi connectivity index (χ2v) is 4.14. The Kier molecular flexibility index (Phi) is 16.3. The Balaban J connectivity index is -0.000000321. The molecule has 0 aliphatic carbocycles. The molecule has 1 atom stereocenters. The summed E-state index contributed by atoms with van der Waals surface area (Å²) in [5, 5.41) is 0. The van der Waals surface area contributed by atoms with Crippen LogP contribution in [0.3, 0.4) is 0 Å². The predicted octanol–water partition coefficient (Wildman–Crippen LogP) is 2.09. The number of carbonyl (C=O) groups is 1. The zero-order valence-electron chi connectivity index (χ0n) is 12.7. The van der Waals surface area contributed by atoms with E-state index in [0.717, 1.165) is 19.6 Å². The number of hydrogen-bond acceptors (Lipinski definition) is 3. The Labute approximate surface area is 124 Å². The third kappa shape index (κ3) is 21.9. The summed E-state index contributed by atoms with van der Waals surface area (Å²) in [7, 11) is 7.53. The number of carbonyl (C=O) groups excluding carboxylic acids is 1. The molecule has 0 amide bonds. The van der Waals surface area contributed by atoms with Crippen molar-refractivity contribution in [2.45, 2.75) is 27.2 Å². The van der Waals surface area contributed by atoms with Gasteiger partial charge in [0.2, 0.25) is 0 Å². The summed E-state index contributed by atoms with van der Waals surface area (Å²) < 4.78 is 7.22. The summed E-state index contributed by atoms with van der Waals surface area (Å²) >= 11 is 0. The zero-order chi connectivity index (χ0) is 13.8. The van der Waals surface area contributed by atoms with Gasteiger partial charge in [0.1, 0.15) is 0 Å². The second-order valence-electron chi connectivity index (χ2n) is 4.14. The van der Waals surface area contributed by atoms with Crippen molar-refractivity contribution < 1.29 is 27.2 Å². The van der Waals surface area contributed by atoms with Gasteiger partial charge in [-0.25, -0.2) is 0 Å². The van der Waals surface area contributed by atoms with Crippen LogP contribution in [0.15, 0.2) is 0 Å². The standard InChI is InChI=1S/C9H18NO.C4H10N.W/c1-5-10(4)7-8(2)6-9(3)11;1-4-5(2)3;/h8H,3,5-7H2,1-2,4H3;2,4H2,1,3H3;/q2*-1;+2/i2D;;. The van der Waals surface area contributed by atoms with E-state index in [1.165, 1.54) is 0 Å². The van der Waals surface area contributed by atoms with E-state index in [0.29, 0.717) is 13.3 Å². The van der Waals surface area contributed by atoms with Crippen LogP contribution in [-0.2, 0) is 25.9 Å². The van der Waals surface area contributed by atoms with Crippen LogP contribution in [0.1, 0.15) is 28.5 Å². The van der Waals surface area contributed by atoms with E-state index < -0.39 is 0 Å². The largest absolute Gasteiger partial charge is 2.00 e. The topological polar surface area (TPSA) is 23.6 Å². The van der Waals surface area contributed by atoms with Crippen LogP contribution in [0.2, 0.25) is 0 Å². The minimum atomic E-state index is -0.0586. The van der Waals surface area contributed by atoms with Crippen molar-refractivity contribution in [3.05, 3.63) is 14.0 Å². The van der Waals surface area contributed by atoms with E-state index in [9.17, 15) is 4.79 Å². The molecular weight excluding hydrogens is 384 g/mol. The van der Waals surface area contributed by atoms with E-state index in [-0.39, 0.29) is 32.8 Å². The molecular formula is C13H28N2OW. The van der Waals surface area contributed by atoms with Gasteiger partial charge < -0.3 is 21.5 Å². The Hall–Kier alpha value is 0.148. The quantitative estimate of drug-likeness (QED) is 0.624. The maximum absolute atomic E-state index is 10.7. The predicted molar refractivity (Wildman–Crippen MR) is 71.0 cm³/mol. The van der Waals surface area contributed by atoms with Crippen molar-refractivity contribution in [1.29, 1.82) is 0 Å². The number of hydrogen-bond donors (Lipinski definition) is 0. The van der Waals surface area contributed by atoms with E-state index in [1.807, 2.05) is 19.0 Å². The molecule has 1 unspecified atom stereocenters. The third-order valence-corrected chi connectivity index (χ3v) is 2.17. The molecule has 0 fully saturated rings. The minimum absolute atomic E-state index is 0. The van der Waals surface area contributed by atoms with Crippen LogP contribution in [0.4, 0.5) is 0 Å². The SMILES string of the molecule is [2H]CC(CC([CH2-])=O)CN(C)CC.[CH2-]N(C)CC.[W+2]. The molecule has 17 heavy (non-hydrogen) atoms. The molecule has 0 bridgehead atoms. The summed E-state index contributed by atoms with van der Waals surface area (Å²) in [5.74, 6) is 0.0942. The number of nitrogens with zero attached hydrogens (tertiary/aromatic N) is 2. The van der Waals surface area contributed by atoms with Gasteiger partial charge in [-0.2, -0.15) is 0 Å². The number of Topliss-reactive ketones (excluding diaryl/α,β-unsaturated/α-hetero) is 1. The van der Waals surface area contributed by atoms with Crippen LogP contribution < -0.4 is 0 Å². The van der Waals surface area contributed by atoms with Gasteiger partial charge in [-0.15, -0.1) is 0 Å². The van der Waals surface area contributed by atoms with Gasteiger partial charge in [0.25, 0.3) is 0 Å². The summed E-state index contributed by atoms with van der Waals surface area (Å²) in [6.45, 7) is 10.6. The van der Waals surface area contributed by atoms with Gasteiger partial charge in [-0.1, -0.05) is 20.7 Å². The molecule has 0 N–H and O–H groups in total. The average molecular weight is 413 g/mol. The van der Waals surface area contributed by atoms with Gasteiger partial charge in [-0.3, -0.25) is 7.05 Å². The van der Waals surface area contributed by atoms with Crippen LogP contribution >= 0.6 is 0 Å². The van der Waals surface area contributed by atoms with E-state index in [4.69, 9.17) is 1.37 Å². The Morgan fingerprint density at radius 1 is 1.35 bits per heavy atom. The molecule has 4 heteroatoms. The fraction of sp³-hybridized carbons (Fsp3) is 0.769. The maximum atomic E-state index is 10.7. The van der Waals surface area contributed by atoms with E-state index >= 15 is 0 Å². The third-order valence-electron chi connectivity index (χ3n) is 2.17. The molecule has 0 saturated heterocycles. The Morgan fingerprint density at radius 3 is 2.06 bits per heavy atom. The molecule has 0 aliphatic heterocycles. The van der Waals surface area contributed by atoms with Crippen molar-refractivity contribution in [2.24, 2.45) is 5.92 Å². The van der Waals surface area contributed by atoms with Crippen LogP contribution in [0, 0.1) is 19.9 Å². The maximum Gasteiger partial charge on any atom is 2.00 e. The molecule has 0 rings (SSSR count). The van der Waals surface area contributed by atoms with Gasteiger partial charge in [0, 0.05) is 7.92 Å². The van der Waals surface area contributed by atoms with Crippen LogP contribution in [0.5, 0.6) is 0 Å². The van der Waals surface area contributed by atoms with Gasteiger partial charge in [0.15, 0.2) is 0 Å². The first-order chi connectivity index (χ1) is 7.87. The Bertz CT molecular complexity index is 192. The molecule has 0 aromatic heterocycles. The molecule has 3 nitrogen and oxygen atoms in total. The van der Waals surface area contributed by atoms with Gasteiger partial charge >= 0.3 is 21.1 Å². The fourth-order valence-electron chi connectivity index (χ4n) is 0.956. The first-order valence-electron chi connectivity index (χ1n) is 6.42. The van der Waals surface area contributed by atoms with E-state index in [1.54, 1.807) is 0 Å². The van der Waals surface area contributed by atoms with Crippen molar-refractivity contribution in [3.63, 3.8) is 0 Å². The molecule has 0 saturated carbocycles.